The van der Waals surface area contributed by atoms with Crippen molar-refractivity contribution < 1.29 is 9.47 Å². The number of imidazole rings is 1. The van der Waals surface area contributed by atoms with Gasteiger partial charge in [0.2, 0.25) is 0 Å². The first-order chi connectivity index (χ1) is 6.93. The lowest BCUT2D eigenvalue weighted by molar-refractivity contribution is 0.0508. The van der Waals surface area contributed by atoms with Crippen LogP contribution in [-0.4, -0.2) is 36.0 Å². The van der Waals surface area contributed by atoms with Crippen molar-refractivity contribution in [3.63, 3.8) is 0 Å². The molecule has 0 amide bonds. The summed E-state index contributed by atoms with van der Waals surface area (Å²) in [4.78, 5) is 3.84. The minimum Gasteiger partial charge on any atom is -0.379 e. The van der Waals surface area contributed by atoms with Crippen LogP contribution in [-0.2, 0) is 16.0 Å². The third kappa shape index (κ3) is 4.99. The average molecular weight is 197 g/mol. The molecule has 0 bridgehead atoms. The van der Waals surface area contributed by atoms with Crippen molar-refractivity contribution in [2.24, 2.45) is 0 Å². The summed E-state index contributed by atoms with van der Waals surface area (Å²) >= 11 is 0. The Hall–Kier alpha value is -0.870. The van der Waals surface area contributed by atoms with Crippen LogP contribution in [0, 0.1) is 6.20 Å². The Balaban J connectivity index is 1.85. The summed E-state index contributed by atoms with van der Waals surface area (Å²) in [7, 11) is 0. The van der Waals surface area contributed by atoms with Crippen molar-refractivity contribution in [1.29, 1.82) is 0 Å². The van der Waals surface area contributed by atoms with Gasteiger partial charge in [-0.2, -0.15) is 0 Å². The average Bonchev–Trinajstić information content (AvgIpc) is 2.69. The molecule has 0 saturated carbocycles. The highest BCUT2D eigenvalue weighted by Crippen LogP contribution is 1.90. The molecule has 14 heavy (non-hydrogen) atoms. The van der Waals surface area contributed by atoms with Crippen LogP contribution in [0.2, 0.25) is 0 Å². The maximum absolute atomic E-state index is 5.37. The minimum atomic E-state index is 0.684. The minimum absolute atomic E-state index is 0.684. The molecule has 1 aromatic rings. The molecule has 0 N–H and O–H groups in total. The Labute approximate surface area is 84.9 Å². The van der Waals surface area contributed by atoms with Crippen LogP contribution in [0.1, 0.15) is 13.3 Å². The van der Waals surface area contributed by atoms with Crippen LogP contribution in [0.4, 0.5) is 0 Å². The van der Waals surface area contributed by atoms with Gasteiger partial charge in [0.05, 0.1) is 19.5 Å². The number of hydrogen-bond acceptors (Lipinski definition) is 3. The number of aromatic nitrogens is 2. The van der Waals surface area contributed by atoms with Crippen molar-refractivity contribution in [2.45, 2.75) is 19.9 Å². The van der Waals surface area contributed by atoms with Gasteiger partial charge in [0.15, 0.2) is 0 Å². The summed E-state index contributed by atoms with van der Waals surface area (Å²) < 4.78 is 12.5. The Morgan fingerprint density at radius 1 is 1.29 bits per heavy atom. The van der Waals surface area contributed by atoms with Gasteiger partial charge in [0.1, 0.15) is 6.20 Å². The Morgan fingerprint density at radius 3 is 2.86 bits per heavy atom. The lowest BCUT2D eigenvalue weighted by Gasteiger charge is -2.04. The van der Waals surface area contributed by atoms with E-state index in [2.05, 4.69) is 11.2 Å². The van der Waals surface area contributed by atoms with E-state index in [1.165, 1.54) is 0 Å². The molecule has 1 radical (unpaired) electrons. The highest BCUT2D eigenvalue weighted by Gasteiger charge is 1.91. The van der Waals surface area contributed by atoms with E-state index >= 15 is 0 Å². The highest BCUT2D eigenvalue weighted by atomic mass is 16.5. The second-order valence-electron chi connectivity index (χ2n) is 2.90. The fourth-order valence-corrected chi connectivity index (χ4v) is 1.08. The summed E-state index contributed by atoms with van der Waals surface area (Å²) in [6, 6.07) is 0. The molecule has 4 heteroatoms. The lowest BCUT2D eigenvalue weighted by Crippen LogP contribution is -2.06. The molecule has 0 saturated heterocycles. The van der Waals surface area contributed by atoms with Gasteiger partial charge in [-0.05, 0) is 13.3 Å². The van der Waals surface area contributed by atoms with Gasteiger partial charge in [-0.3, -0.25) is 0 Å². The zero-order valence-electron chi connectivity index (χ0n) is 8.61. The van der Waals surface area contributed by atoms with Gasteiger partial charge < -0.3 is 14.0 Å². The van der Waals surface area contributed by atoms with Crippen LogP contribution in [0.25, 0.3) is 0 Å². The second-order valence-corrected chi connectivity index (χ2v) is 2.90. The van der Waals surface area contributed by atoms with Gasteiger partial charge in [0, 0.05) is 26.0 Å². The fourth-order valence-electron chi connectivity index (χ4n) is 1.08. The molecule has 0 aromatic carbocycles. The molecule has 4 nitrogen and oxygen atoms in total. The predicted molar refractivity (Wildman–Crippen MR) is 53.0 cm³/mol. The first kappa shape index (κ1) is 11.2. The largest absolute Gasteiger partial charge is 0.379 e. The van der Waals surface area contributed by atoms with E-state index in [4.69, 9.17) is 9.47 Å². The second kappa shape index (κ2) is 7.53. The summed E-state index contributed by atoms with van der Waals surface area (Å²) in [5.74, 6) is 0. The monoisotopic (exact) mass is 197 g/mol. The number of hydrogen-bond donors (Lipinski definition) is 0. The maximum atomic E-state index is 5.37. The van der Waals surface area contributed by atoms with Gasteiger partial charge in [-0.15, -0.1) is 0 Å². The lowest BCUT2D eigenvalue weighted by atomic mass is 10.4. The molecular weight excluding hydrogens is 180 g/mol. The first-order valence-electron chi connectivity index (χ1n) is 4.96. The van der Waals surface area contributed by atoms with E-state index in [9.17, 15) is 0 Å². The molecule has 0 unspecified atom stereocenters. The molecule has 0 aliphatic carbocycles. The quantitative estimate of drug-likeness (QED) is 0.586. The van der Waals surface area contributed by atoms with Gasteiger partial charge in [-0.25, -0.2) is 4.98 Å². The van der Waals surface area contributed by atoms with Crippen LogP contribution >= 0.6 is 0 Å². The molecule has 0 aliphatic heterocycles. The van der Waals surface area contributed by atoms with E-state index in [0.29, 0.717) is 13.2 Å². The van der Waals surface area contributed by atoms with Crippen molar-refractivity contribution in [3.8, 4) is 0 Å². The summed E-state index contributed by atoms with van der Waals surface area (Å²) in [5, 5.41) is 0. The SMILES string of the molecule is CCOCCOCCCn1c[c]nc1. The normalized spacial score (nSPS) is 10.6. The molecule has 0 atom stereocenters. The summed E-state index contributed by atoms with van der Waals surface area (Å²) in [6.45, 7) is 5.82. The number of nitrogens with zero attached hydrogens (tertiary/aromatic N) is 2. The Kier molecular flexibility index (Phi) is 6.02. The molecule has 0 spiro atoms. The molecule has 79 valence electrons. The van der Waals surface area contributed by atoms with Crippen molar-refractivity contribution in [2.75, 3.05) is 26.4 Å². The van der Waals surface area contributed by atoms with E-state index in [0.717, 1.165) is 26.2 Å². The number of rotatable bonds is 8. The summed E-state index contributed by atoms with van der Waals surface area (Å²) in [5.41, 5.74) is 0. The standard InChI is InChI=1S/C10H17N2O2/c1-2-13-8-9-14-7-3-5-12-6-4-11-10-12/h6,10H,2-3,5,7-9H2,1H3. The van der Waals surface area contributed by atoms with Crippen molar-refractivity contribution in [1.82, 2.24) is 9.55 Å². The van der Waals surface area contributed by atoms with Crippen LogP contribution in [0.15, 0.2) is 12.5 Å². The van der Waals surface area contributed by atoms with Crippen LogP contribution in [0.3, 0.4) is 0 Å². The van der Waals surface area contributed by atoms with Gasteiger partial charge in [0.25, 0.3) is 0 Å². The predicted octanol–water partition coefficient (Wildman–Crippen LogP) is 1.13. The number of aryl methyl sites for hydroxylation is 1. The molecule has 1 heterocycles. The fraction of sp³-hybridized carbons (Fsp3) is 0.700. The molecule has 1 rings (SSSR count). The highest BCUT2D eigenvalue weighted by molar-refractivity contribution is 4.71. The molecule has 0 fully saturated rings. The number of ether oxygens (including phenoxy) is 2. The van der Waals surface area contributed by atoms with Gasteiger partial charge >= 0.3 is 0 Å². The van der Waals surface area contributed by atoms with Gasteiger partial charge in [-0.1, -0.05) is 0 Å². The molecule has 0 aliphatic rings. The van der Waals surface area contributed by atoms with E-state index in [1.807, 2.05) is 17.7 Å². The molecular formula is C10H17N2O2. The van der Waals surface area contributed by atoms with E-state index < -0.39 is 0 Å². The third-order valence-corrected chi connectivity index (χ3v) is 1.79. The zero-order valence-corrected chi connectivity index (χ0v) is 8.61. The zero-order chi connectivity index (χ0) is 10.1. The van der Waals surface area contributed by atoms with E-state index in [-0.39, 0.29) is 0 Å². The summed E-state index contributed by atoms with van der Waals surface area (Å²) in [6.07, 6.45) is 7.34. The van der Waals surface area contributed by atoms with Crippen LogP contribution in [0.5, 0.6) is 0 Å². The Morgan fingerprint density at radius 2 is 2.14 bits per heavy atom. The first-order valence-corrected chi connectivity index (χ1v) is 4.96. The van der Waals surface area contributed by atoms with E-state index in [1.54, 1.807) is 6.33 Å². The molecule has 1 aromatic heterocycles. The smallest absolute Gasteiger partial charge is 0.108 e. The maximum Gasteiger partial charge on any atom is 0.108 e. The Bertz CT molecular complexity index is 212. The topological polar surface area (TPSA) is 36.3 Å². The van der Waals surface area contributed by atoms with Crippen molar-refractivity contribution >= 4 is 0 Å². The van der Waals surface area contributed by atoms with Crippen LogP contribution < -0.4 is 0 Å². The van der Waals surface area contributed by atoms with Crippen molar-refractivity contribution in [3.05, 3.63) is 18.7 Å². The third-order valence-electron chi connectivity index (χ3n) is 1.79.